The van der Waals surface area contributed by atoms with E-state index in [0.717, 1.165) is 18.4 Å². The highest BCUT2D eigenvalue weighted by Gasteiger charge is 2.31. The number of imidazole rings is 1. The summed E-state index contributed by atoms with van der Waals surface area (Å²) in [6.07, 6.45) is 1.91. The van der Waals surface area contributed by atoms with E-state index in [1.807, 2.05) is 18.4 Å². The Bertz CT molecular complexity index is 1100. The van der Waals surface area contributed by atoms with Gasteiger partial charge < -0.3 is 9.88 Å². The van der Waals surface area contributed by atoms with Crippen LogP contribution in [0, 0.1) is 0 Å². The molecule has 1 saturated heterocycles. The van der Waals surface area contributed by atoms with E-state index in [-0.39, 0.29) is 16.8 Å². The van der Waals surface area contributed by atoms with E-state index >= 15 is 0 Å². The van der Waals surface area contributed by atoms with Crippen molar-refractivity contribution in [2.24, 2.45) is 0 Å². The van der Waals surface area contributed by atoms with Crippen LogP contribution in [0.15, 0.2) is 28.3 Å². The number of hydrogen-bond donors (Lipinski definition) is 1. The molecule has 32 heavy (non-hydrogen) atoms. The third-order valence-electron chi connectivity index (χ3n) is 5.52. The average Bonchev–Trinajstić information content (AvgIpc) is 3.34. The van der Waals surface area contributed by atoms with E-state index in [1.165, 1.54) is 21.0 Å². The summed E-state index contributed by atoms with van der Waals surface area (Å²) in [5, 5.41) is 2.78. The number of carbonyl (C=O) groups is 2. The van der Waals surface area contributed by atoms with Crippen molar-refractivity contribution < 1.29 is 18.0 Å². The van der Waals surface area contributed by atoms with Gasteiger partial charge in [-0.2, -0.15) is 4.31 Å². The van der Waals surface area contributed by atoms with Crippen LogP contribution in [0.2, 0.25) is 0 Å². The van der Waals surface area contributed by atoms with E-state index in [9.17, 15) is 18.0 Å². The number of aryl methyl sites for hydroxylation is 1. The summed E-state index contributed by atoms with van der Waals surface area (Å²) in [6, 6.07) is 4.65. The van der Waals surface area contributed by atoms with Crippen molar-refractivity contribution in [3.63, 3.8) is 0 Å². The maximum absolute atomic E-state index is 12.9. The molecule has 0 spiro atoms. The fourth-order valence-electron chi connectivity index (χ4n) is 3.69. The lowest BCUT2D eigenvalue weighted by atomic mass is 10.3. The lowest BCUT2D eigenvalue weighted by molar-refractivity contribution is -0.126. The predicted octanol–water partition coefficient (Wildman–Crippen LogP) is 2.90. The number of hydrogen-bond acceptors (Lipinski definition) is 6. The van der Waals surface area contributed by atoms with Crippen LogP contribution in [0.25, 0.3) is 11.0 Å². The Labute approximate surface area is 193 Å². The standard InChI is InChI=1S/C21H31N5O4S2/c1-5-8-12-25-18-10-9-16(32(29,30)24(6-2)7-3)14-17(18)23-21(25)31-15(4)19(27)26-13-11-22-20(26)28/h9-10,14-15H,5-8,11-13H2,1-4H3,(H,22,28). The smallest absolute Gasteiger partial charge is 0.324 e. The predicted molar refractivity (Wildman–Crippen MR) is 125 cm³/mol. The number of benzene rings is 1. The van der Waals surface area contributed by atoms with Crippen LogP contribution in [-0.4, -0.2) is 70.5 Å². The minimum atomic E-state index is -3.59. The maximum atomic E-state index is 12.9. The van der Waals surface area contributed by atoms with Gasteiger partial charge in [-0.1, -0.05) is 39.0 Å². The number of sulfonamides is 1. The van der Waals surface area contributed by atoms with Crippen molar-refractivity contribution in [3.05, 3.63) is 18.2 Å². The third-order valence-corrected chi connectivity index (χ3v) is 8.64. The summed E-state index contributed by atoms with van der Waals surface area (Å²) in [5.74, 6) is -0.260. The van der Waals surface area contributed by atoms with Gasteiger partial charge in [0.25, 0.3) is 0 Å². The number of fused-ring (bicyclic) bond motifs is 1. The molecule has 1 atom stereocenters. The second-order valence-electron chi connectivity index (χ2n) is 7.62. The second-order valence-corrected chi connectivity index (χ2v) is 10.9. The molecule has 1 N–H and O–H groups in total. The number of carbonyl (C=O) groups excluding carboxylic acids is 2. The molecule has 1 unspecified atom stereocenters. The molecule has 1 aliphatic heterocycles. The van der Waals surface area contributed by atoms with Crippen molar-refractivity contribution in [2.75, 3.05) is 26.2 Å². The Kier molecular flexibility index (Phi) is 7.84. The Hall–Kier alpha value is -2.11. The zero-order valence-electron chi connectivity index (χ0n) is 19.0. The van der Waals surface area contributed by atoms with Crippen LogP contribution in [0.1, 0.15) is 40.5 Å². The summed E-state index contributed by atoms with van der Waals surface area (Å²) in [5.41, 5.74) is 1.41. The van der Waals surface area contributed by atoms with Gasteiger partial charge in [-0.15, -0.1) is 0 Å². The zero-order chi connectivity index (χ0) is 23.5. The van der Waals surface area contributed by atoms with Crippen LogP contribution in [0.3, 0.4) is 0 Å². The molecule has 2 aromatic rings. The highest BCUT2D eigenvalue weighted by atomic mass is 32.2. The molecule has 3 rings (SSSR count). The molecular formula is C21H31N5O4S2. The number of aromatic nitrogens is 2. The first kappa shape index (κ1) is 24.5. The summed E-state index contributed by atoms with van der Waals surface area (Å²) in [4.78, 5) is 30.7. The molecule has 2 heterocycles. The highest BCUT2D eigenvalue weighted by molar-refractivity contribution is 8.00. The number of urea groups is 1. The molecule has 0 aliphatic carbocycles. The van der Waals surface area contributed by atoms with Gasteiger partial charge in [0.1, 0.15) is 0 Å². The number of nitrogens with zero attached hydrogens (tertiary/aromatic N) is 4. The van der Waals surface area contributed by atoms with Gasteiger partial charge in [0.2, 0.25) is 15.9 Å². The van der Waals surface area contributed by atoms with Gasteiger partial charge >= 0.3 is 6.03 Å². The Morgan fingerprint density at radius 3 is 2.59 bits per heavy atom. The first-order valence-electron chi connectivity index (χ1n) is 11.0. The molecule has 1 aromatic heterocycles. The largest absolute Gasteiger partial charge is 0.336 e. The molecular weight excluding hydrogens is 450 g/mol. The van der Waals surface area contributed by atoms with E-state index in [1.54, 1.807) is 25.1 Å². The van der Waals surface area contributed by atoms with Gasteiger partial charge in [0.05, 0.1) is 21.2 Å². The zero-order valence-corrected chi connectivity index (χ0v) is 20.6. The lowest BCUT2D eigenvalue weighted by Gasteiger charge is -2.18. The summed E-state index contributed by atoms with van der Waals surface area (Å²) in [7, 11) is -3.59. The summed E-state index contributed by atoms with van der Waals surface area (Å²) < 4.78 is 29.3. The molecule has 1 aromatic carbocycles. The molecule has 176 valence electrons. The summed E-state index contributed by atoms with van der Waals surface area (Å²) >= 11 is 1.29. The first-order valence-corrected chi connectivity index (χ1v) is 13.3. The Morgan fingerprint density at radius 1 is 1.28 bits per heavy atom. The van der Waals surface area contributed by atoms with E-state index in [2.05, 4.69) is 12.2 Å². The SMILES string of the molecule is CCCCn1c(SC(C)C(=O)N2CCNC2=O)nc2cc(S(=O)(=O)N(CC)CC)ccc21. The van der Waals surface area contributed by atoms with Gasteiger partial charge in [0.15, 0.2) is 5.16 Å². The van der Waals surface area contributed by atoms with Crippen molar-refractivity contribution in [1.82, 2.24) is 24.1 Å². The number of unbranched alkanes of at least 4 members (excludes halogenated alkanes) is 1. The fourth-order valence-corrected chi connectivity index (χ4v) is 6.18. The van der Waals surface area contributed by atoms with Crippen molar-refractivity contribution in [3.8, 4) is 0 Å². The quantitative estimate of drug-likeness (QED) is 0.523. The minimum Gasteiger partial charge on any atom is -0.336 e. The normalized spacial score (nSPS) is 15.5. The summed E-state index contributed by atoms with van der Waals surface area (Å²) in [6.45, 7) is 9.81. The van der Waals surface area contributed by atoms with Crippen LogP contribution in [0.5, 0.6) is 0 Å². The number of thioether (sulfide) groups is 1. The Morgan fingerprint density at radius 2 is 2.00 bits per heavy atom. The molecule has 0 radical (unpaired) electrons. The molecule has 0 bridgehead atoms. The van der Waals surface area contributed by atoms with Gasteiger partial charge in [0, 0.05) is 32.7 Å². The van der Waals surface area contributed by atoms with Gasteiger partial charge in [-0.3, -0.25) is 9.69 Å². The molecule has 1 fully saturated rings. The number of rotatable bonds is 10. The van der Waals surface area contributed by atoms with Crippen LogP contribution in [0.4, 0.5) is 4.79 Å². The maximum Gasteiger partial charge on any atom is 0.324 e. The van der Waals surface area contributed by atoms with Crippen LogP contribution in [-0.2, 0) is 21.4 Å². The van der Waals surface area contributed by atoms with E-state index < -0.39 is 15.3 Å². The lowest BCUT2D eigenvalue weighted by Crippen LogP contribution is -2.39. The topological polar surface area (TPSA) is 105 Å². The fraction of sp³-hybridized carbons (Fsp3) is 0.571. The highest BCUT2D eigenvalue weighted by Crippen LogP contribution is 2.30. The molecule has 11 heteroatoms. The molecule has 3 amide bonds. The third kappa shape index (κ3) is 4.79. The van der Waals surface area contributed by atoms with E-state index in [4.69, 9.17) is 4.98 Å². The van der Waals surface area contributed by atoms with Crippen molar-refractivity contribution in [1.29, 1.82) is 0 Å². The molecule has 0 saturated carbocycles. The average molecular weight is 482 g/mol. The number of imide groups is 1. The minimum absolute atomic E-state index is 0.211. The van der Waals surface area contributed by atoms with Crippen molar-refractivity contribution in [2.45, 2.75) is 62.4 Å². The van der Waals surface area contributed by atoms with Crippen molar-refractivity contribution >= 4 is 44.8 Å². The van der Waals surface area contributed by atoms with Crippen LogP contribution < -0.4 is 5.32 Å². The second kappa shape index (κ2) is 10.2. The van der Waals surface area contributed by atoms with Gasteiger partial charge in [-0.05, 0) is 31.5 Å². The number of amides is 3. The van der Waals surface area contributed by atoms with E-state index in [0.29, 0.717) is 43.4 Å². The monoisotopic (exact) mass is 481 g/mol. The van der Waals surface area contributed by atoms with Crippen LogP contribution >= 0.6 is 11.8 Å². The van der Waals surface area contributed by atoms with Gasteiger partial charge in [-0.25, -0.2) is 18.2 Å². The molecule has 1 aliphatic rings. The number of nitrogens with one attached hydrogen (secondary N) is 1. The molecule has 9 nitrogen and oxygen atoms in total. The Balaban J connectivity index is 1.96. The first-order chi connectivity index (χ1) is 15.2.